The van der Waals surface area contributed by atoms with Gasteiger partial charge in [0.15, 0.2) is 6.29 Å². The van der Waals surface area contributed by atoms with Crippen LogP contribution in [0, 0.1) is 12.8 Å². The highest BCUT2D eigenvalue weighted by Crippen LogP contribution is 2.24. The zero-order valence-electron chi connectivity index (χ0n) is 11.3. The highest BCUT2D eigenvalue weighted by atomic mass is 16.1. The van der Waals surface area contributed by atoms with Crippen molar-refractivity contribution in [2.24, 2.45) is 5.92 Å². The third-order valence-corrected chi connectivity index (χ3v) is 3.55. The molecule has 1 atom stereocenters. The highest BCUT2D eigenvalue weighted by Gasteiger charge is 2.26. The van der Waals surface area contributed by atoms with Gasteiger partial charge >= 0.3 is 0 Å². The molecule has 2 rings (SSSR count). The SMILES string of the molecule is CNC(=O)C1CCCN(c2ncc(C=O)cc2C)C1. The second-order valence-electron chi connectivity index (χ2n) is 4.93. The summed E-state index contributed by atoms with van der Waals surface area (Å²) in [6.07, 6.45) is 4.28. The van der Waals surface area contributed by atoms with Crippen molar-refractivity contribution in [3.05, 3.63) is 23.4 Å². The van der Waals surface area contributed by atoms with Crippen molar-refractivity contribution in [1.82, 2.24) is 10.3 Å². The molecule has 1 N–H and O–H groups in total. The number of pyridine rings is 1. The van der Waals surface area contributed by atoms with Crippen molar-refractivity contribution >= 4 is 18.0 Å². The van der Waals surface area contributed by atoms with Gasteiger partial charge in [0.05, 0.1) is 5.92 Å². The topological polar surface area (TPSA) is 62.3 Å². The summed E-state index contributed by atoms with van der Waals surface area (Å²) in [4.78, 5) is 28.9. The number of anilines is 1. The predicted molar refractivity (Wildman–Crippen MR) is 73.4 cm³/mol. The number of hydrogen-bond acceptors (Lipinski definition) is 4. The molecule has 0 aromatic carbocycles. The number of carbonyl (C=O) groups is 2. The van der Waals surface area contributed by atoms with Crippen LogP contribution in [0.1, 0.15) is 28.8 Å². The first-order valence-corrected chi connectivity index (χ1v) is 6.54. The molecule has 1 fully saturated rings. The number of nitrogens with one attached hydrogen (secondary N) is 1. The second kappa shape index (κ2) is 5.82. The van der Waals surface area contributed by atoms with Crippen molar-refractivity contribution in [1.29, 1.82) is 0 Å². The Hall–Kier alpha value is -1.91. The minimum absolute atomic E-state index is 0.0192. The molecule has 0 aliphatic carbocycles. The highest BCUT2D eigenvalue weighted by molar-refractivity contribution is 5.79. The van der Waals surface area contributed by atoms with Gasteiger partial charge in [-0.3, -0.25) is 9.59 Å². The van der Waals surface area contributed by atoms with Crippen molar-refractivity contribution in [3.63, 3.8) is 0 Å². The Morgan fingerprint density at radius 2 is 2.37 bits per heavy atom. The van der Waals surface area contributed by atoms with Crippen molar-refractivity contribution in [3.8, 4) is 0 Å². The van der Waals surface area contributed by atoms with Gasteiger partial charge in [-0.2, -0.15) is 0 Å². The van der Waals surface area contributed by atoms with E-state index in [1.807, 2.05) is 13.0 Å². The van der Waals surface area contributed by atoms with Gasteiger partial charge in [-0.15, -0.1) is 0 Å². The van der Waals surface area contributed by atoms with Gasteiger partial charge in [-0.1, -0.05) is 0 Å². The first kappa shape index (κ1) is 13.5. The number of aromatic nitrogens is 1. The Bertz CT molecular complexity index is 488. The summed E-state index contributed by atoms with van der Waals surface area (Å²) in [5.41, 5.74) is 1.56. The third kappa shape index (κ3) is 2.92. The summed E-state index contributed by atoms with van der Waals surface area (Å²) in [6, 6.07) is 1.83. The number of hydrogen-bond donors (Lipinski definition) is 1. The molecule has 102 valence electrons. The molecule has 5 heteroatoms. The minimum Gasteiger partial charge on any atom is -0.359 e. The molecule has 1 aromatic rings. The Labute approximate surface area is 113 Å². The first-order valence-electron chi connectivity index (χ1n) is 6.54. The molecule has 1 amide bonds. The molecule has 1 saturated heterocycles. The monoisotopic (exact) mass is 261 g/mol. The lowest BCUT2D eigenvalue weighted by Gasteiger charge is -2.33. The molecule has 0 radical (unpaired) electrons. The van der Waals surface area contributed by atoms with Crippen LogP contribution in [0.5, 0.6) is 0 Å². The number of piperidine rings is 1. The van der Waals surface area contributed by atoms with E-state index in [0.717, 1.165) is 37.1 Å². The van der Waals surface area contributed by atoms with Gasteiger partial charge in [0.25, 0.3) is 0 Å². The maximum absolute atomic E-state index is 11.7. The lowest BCUT2D eigenvalue weighted by atomic mass is 9.97. The van der Waals surface area contributed by atoms with Crippen LogP contribution in [-0.2, 0) is 4.79 Å². The summed E-state index contributed by atoms with van der Waals surface area (Å²) >= 11 is 0. The third-order valence-electron chi connectivity index (χ3n) is 3.55. The van der Waals surface area contributed by atoms with E-state index in [-0.39, 0.29) is 11.8 Å². The largest absolute Gasteiger partial charge is 0.359 e. The van der Waals surface area contributed by atoms with Crippen molar-refractivity contribution in [2.45, 2.75) is 19.8 Å². The number of rotatable bonds is 3. The Kier molecular flexibility index (Phi) is 4.14. The van der Waals surface area contributed by atoms with Crippen LogP contribution in [0.25, 0.3) is 0 Å². The molecule has 1 aromatic heterocycles. The molecule has 2 heterocycles. The summed E-state index contributed by atoms with van der Waals surface area (Å²) < 4.78 is 0. The molecular weight excluding hydrogens is 242 g/mol. The van der Waals surface area contributed by atoms with Gasteiger partial charge in [0.2, 0.25) is 5.91 Å². The molecule has 1 aliphatic heterocycles. The maximum atomic E-state index is 11.7. The summed E-state index contributed by atoms with van der Waals surface area (Å²) in [5, 5.41) is 2.71. The lowest BCUT2D eigenvalue weighted by Crippen LogP contribution is -2.42. The Morgan fingerprint density at radius 3 is 3.00 bits per heavy atom. The Balaban J connectivity index is 2.17. The zero-order valence-corrected chi connectivity index (χ0v) is 11.3. The fourth-order valence-electron chi connectivity index (χ4n) is 2.57. The van der Waals surface area contributed by atoms with E-state index in [1.54, 1.807) is 13.2 Å². The average Bonchev–Trinajstić information content (AvgIpc) is 2.46. The van der Waals surface area contributed by atoms with Crippen molar-refractivity contribution in [2.75, 3.05) is 25.0 Å². The van der Waals surface area contributed by atoms with Gasteiger partial charge in [-0.25, -0.2) is 4.98 Å². The number of aldehydes is 1. The fourth-order valence-corrected chi connectivity index (χ4v) is 2.57. The van der Waals surface area contributed by atoms with E-state index >= 15 is 0 Å². The molecular formula is C14H19N3O2. The van der Waals surface area contributed by atoms with Crippen LogP contribution >= 0.6 is 0 Å². The van der Waals surface area contributed by atoms with E-state index in [9.17, 15) is 9.59 Å². The Morgan fingerprint density at radius 1 is 1.58 bits per heavy atom. The number of nitrogens with zero attached hydrogens (tertiary/aromatic N) is 2. The van der Waals surface area contributed by atoms with E-state index < -0.39 is 0 Å². The lowest BCUT2D eigenvalue weighted by molar-refractivity contribution is -0.124. The van der Waals surface area contributed by atoms with E-state index in [2.05, 4.69) is 15.2 Å². The van der Waals surface area contributed by atoms with Crippen LogP contribution < -0.4 is 10.2 Å². The molecule has 0 spiro atoms. The standard InChI is InChI=1S/C14H19N3O2/c1-10-6-11(9-18)7-16-13(10)17-5-3-4-12(8-17)14(19)15-2/h6-7,9,12H,3-5,8H2,1-2H3,(H,15,19). The first-order chi connectivity index (χ1) is 9.15. The minimum atomic E-state index is 0.0192. The molecule has 0 bridgehead atoms. The van der Waals surface area contributed by atoms with E-state index in [0.29, 0.717) is 12.1 Å². The van der Waals surface area contributed by atoms with Gasteiger partial charge < -0.3 is 10.2 Å². The normalized spacial score (nSPS) is 19.1. The van der Waals surface area contributed by atoms with Crippen molar-refractivity contribution < 1.29 is 9.59 Å². The average molecular weight is 261 g/mol. The molecule has 1 unspecified atom stereocenters. The van der Waals surface area contributed by atoms with E-state index in [1.165, 1.54) is 0 Å². The smallest absolute Gasteiger partial charge is 0.224 e. The summed E-state index contributed by atoms with van der Waals surface area (Å²) in [6.45, 7) is 3.54. The molecule has 1 aliphatic rings. The van der Waals surface area contributed by atoms with E-state index in [4.69, 9.17) is 0 Å². The van der Waals surface area contributed by atoms with Crippen LogP contribution in [0.3, 0.4) is 0 Å². The zero-order chi connectivity index (χ0) is 13.8. The van der Waals surface area contributed by atoms with Gasteiger partial charge in [0, 0.05) is 31.9 Å². The second-order valence-corrected chi connectivity index (χ2v) is 4.93. The fraction of sp³-hybridized carbons (Fsp3) is 0.500. The number of aryl methyl sites for hydroxylation is 1. The van der Waals surface area contributed by atoms with Gasteiger partial charge in [-0.05, 0) is 31.4 Å². The molecule has 19 heavy (non-hydrogen) atoms. The van der Waals surface area contributed by atoms with Crippen LogP contribution in [0.4, 0.5) is 5.82 Å². The number of carbonyl (C=O) groups excluding carboxylic acids is 2. The summed E-state index contributed by atoms with van der Waals surface area (Å²) in [7, 11) is 1.67. The van der Waals surface area contributed by atoms with Crippen LogP contribution in [0.15, 0.2) is 12.3 Å². The summed E-state index contributed by atoms with van der Waals surface area (Å²) in [5.74, 6) is 0.983. The number of amides is 1. The molecule has 5 nitrogen and oxygen atoms in total. The molecule has 0 saturated carbocycles. The van der Waals surface area contributed by atoms with Crippen LogP contribution in [-0.4, -0.2) is 37.3 Å². The van der Waals surface area contributed by atoms with Gasteiger partial charge in [0.1, 0.15) is 5.82 Å². The quantitative estimate of drug-likeness (QED) is 0.830. The van der Waals surface area contributed by atoms with Crippen LogP contribution in [0.2, 0.25) is 0 Å². The maximum Gasteiger partial charge on any atom is 0.224 e. The predicted octanol–water partition coefficient (Wildman–Crippen LogP) is 1.16.